The maximum Gasteiger partial charge on any atom is 0.205 e. The van der Waals surface area contributed by atoms with E-state index in [1.807, 2.05) is 0 Å². The van der Waals surface area contributed by atoms with E-state index in [2.05, 4.69) is 29.6 Å². The molecule has 1 rings (SSSR count). The fraction of sp³-hybridized carbons (Fsp3) is 0.929. The van der Waals surface area contributed by atoms with E-state index in [9.17, 15) is 0 Å². The Hall–Kier alpha value is -0.810. The van der Waals surface area contributed by atoms with Gasteiger partial charge in [-0.1, -0.05) is 19.3 Å². The van der Waals surface area contributed by atoms with E-state index in [1.165, 1.54) is 32.1 Å². The first-order valence-corrected chi connectivity index (χ1v) is 7.61. The van der Waals surface area contributed by atoms with Gasteiger partial charge in [-0.3, -0.25) is 10.4 Å². The summed E-state index contributed by atoms with van der Waals surface area (Å²) in [4.78, 5) is 4.47. The second-order valence-corrected chi connectivity index (χ2v) is 5.48. The summed E-state index contributed by atoms with van der Waals surface area (Å²) in [6.45, 7) is 5.72. The van der Waals surface area contributed by atoms with Gasteiger partial charge >= 0.3 is 0 Å². The van der Waals surface area contributed by atoms with Gasteiger partial charge < -0.3 is 10.1 Å². The van der Waals surface area contributed by atoms with Gasteiger partial charge in [-0.25, -0.2) is 5.84 Å². The van der Waals surface area contributed by atoms with Gasteiger partial charge in [-0.15, -0.1) is 0 Å². The maximum absolute atomic E-state index is 5.50. The number of hydrazine groups is 1. The Morgan fingerprint density at radius 1 is 1.26 bits per heavy atom. The van der Waals surface area contributed by atoms with E-state index in [0.29, 0.717) is 12.1 Å². The molecule has 1 fully saturated rings. The number of nitrogens with zero attached hydrogens (tertiary/aromatic N) is 1. The average Bonchev–Trinajstić information content (AvgIpc) is 2.42. The molecule has 0 heterocycles. The zero-order chi connectivity index (χ0) is 13.9. The normalized spacial score (nSPS) is 17.8. The van der Waals surface area contributed by atoms with Crippen molar-refractivity contribution in [3.05, 3.63) is 0 Å². The molecule has 112 valence electrons. The lowest BCUT2D eigenvalue weighted by Gasteiger charge is -2.24. The highest BCUT2D eigenvalue weighted by Gasteiger charge is 2.13. The molecule has 0 aromatic carbocycles. The fourth-order valence-corrected chi connectivity index (χ4v) is 2.30. The van der Waals surface area contributed by atoms with Crippen LogP contribution in [0.3, 0.4) is 0 Å². The molecule has 0 spiro atoms. The Morgan fingerprint density at radius 2 is 2.00 bits per heavy atom. The summed E-state index contributed by atoms with van der Waals surface area (Å²) in [5.74, 6) is 6.24. The lowest BCUT2D eigenvalue weighted by Crippen LogP contribution is -2.47. The van der Waals surface area contributed by atoms with Crippen molar-refractivity contribution in [3.63, 3.8) is 0 Å². The quantitative estimate of drug-likeness (QED) is 0.217. The molecular weight excluding hydrogens is 240 g/mol. The number of nitrogens with two attached hydrogens (primary N) is 1. The minimum absolute atomic E-state index is 0.317. The number of aliphatic imine (C=N–C) groups is 1. The number of hydrogen-bond acceptors (Lipinski definition) is 3. The van der Waals surface area contributed by atoms with Crippen LogP contribution in [0, 0.1) is 0 Å². The Bertz CT molecular complexity index is 250. The number of unbranched alkanes of at least 4 members (excludes halogenated alkanes) is 1. The zero-order valence-electron chi connectivity index (χ0n) is 12.5. The Morgan fingerprint density at radius 3 is 2.63 bits per heavy atom. The van der Waals surface area contributed by atoms with Crippen molar-refractivity contribution in [1.29, 1.82) is 0 Å². The van der Waals surface area contributed by atoms with Crippen LogP contribution in [0.25, 0.3) is 0 Å². The minimum atomic E-state index is 0.317. The van der Waals surface area contributed by atoms with Crippen molar-refractivity contribution in [1.82, 2.24) is 10.7 Å². The van der Waals surface area contributed by atoms with E-state index < -0.39 is 0 Å². The SMILES string of the molecule is CC(C)OCCCCN=C(NN)NC1CCCCC1. The summed E-state index contributed by atoms with van der Waals surface area (Å²) in [5.41, 5.74) is 2.67. The highest BCUT2D eigenvalue weighted by Crippen LogP contribution is 2.17. The van der Waals surface area contributed by atoms with Crippen LogP contribution in [-0.4, -0.2) is 31.3 Å². The third-order valence-electron chi connectivity index (χ3n) is 3.36. The summed E-state index contributed by atoms with van der Waals surface area (Å²) < 4.78 is 5.49. The second-order valence-electron chi connectivity index (χ2n) is 5.48. The van der Waals surface area contributed by atoms with Crippen molar-refractivity contribution in [2.75, 3.05) is 13.2 Å². The van der Waals surface area contributed by atoms with Gasteiger partial charge in [-0.2, -0.15) is 0 Å². The molecule has 0 atom stereocenters. The average molecular weight is 270 g/mol. The molecule has 19 heavy (non-hydrogen) atoms. The number of rotatable bonds is 7. The number of hydrogen-bond donors (Lipinski definition) is 3. The fourth-order valence-electron chi connectivity index (χ4n) is 2.30. The molecule has 0 saturated heterocycles. The van der Waals surface area contributed by atoms with Gasteiger partial charge in [-0.05, 0) is 39.5 Å². The van der Waals surface area contributed by atoms with E-state index in [0.717, 1.165) is 32.0 Å². The second kappa shape index (κ2) is 10.0. The standard InChI is InChI=1S/C14H30N4O/c1-12(2)19-11-7-6-10-16-14(18-15)17-13-8-4-3-5-9-13/h12-13H,3-11,15H2,1-2H3,(H2,16,17,18). The summed E-state index contributed by atoms with van der Waals surface area (Å²) >= 11 is 0. The molecule has 5 nitrogen and oxygen atoms in total. The van der Waals surface area contributed by atoms with Crippen LogP contribution in [0.2, 0.25) is 0 Å². The van der Waals surface area contributed by atoms with Gasteiger partial charge in [0, 0.05) is 19.2 Å². The molecule has 0 unspecified atom stereocenters. The lowest BCUT2D eigenvalue weighted by molar-refractivity contribution is 0.0763. The van der Waals surface area contributed by atoms with Gasteiger partial charge in [0.1, 0.15) is 0 Å². The van der Waals surface area contributed by atoms with Crippen LogP contribution in [0.4, 0.5) is 0 Å². The molecule has 1 saturated carbocycles. The van der Waals surface area contributed by atoms with E-state index in [1.54, 1.807) is 0 Å². The molecule has 0 amide bonds. The first kappa shape index (κ1) is 16.2. The van der Waals surface area contributed by atoms with Gasteiger partial charge in [0.2, 0.25) is 5.96 Å². The van der Waals surface area contributed by atoms with Gasteiger partial charge in [0.15, 0.2) is 0 Å². The summed E-state index contributed by atoms with van der Waals surface area (Å²) in [6, 6.07) is 0.535. The van der Waals surface area contributed by atoms with Gasteiger partial charge in [0.25, 0.3) is 0 Å². The highest BCUT2D eigenvalue weighted by molar-refractivity contribution is 5.79. The predicted molar refractivity (Wildman–Crippen MR) is 80.0 cm³/mol. The number of nitrogens with one attached hydrogen (secondary N) is 2. The smallest absolute Gasteiger partial charge is 0.205 e. The molecule has 4 N–H and O–H groups in total. The molecule has 1 aliphatic carbocycles. The molecule has 0 radical (unpaired) electrons. The summed E-state index contributed by atoms with van der Waals surface area (Å²) in [5, 5.41) is 3.40. The van der Waals surface area contributed by atoms with Crippen LogP contribution in [-0.2, 0) is 4.74 Å². The van der Waals surface area contributed by atoms with E-state index in [4.69, 9.17) is 10.6 Å². The lowest BCUT2D eigenvalue weighted by atomic mass is 9.96. The van der Waals surface area contributed by atoms with Crippen molar-refractivity contribution >= 4 is 5.96 Å². The highest BCUT2D eigenvalue weighted by atomic mass is 16.5. The summed E-state index contributed by atoms with van der Waals surface area (Å²) in [6.07, 6.45) is 8.82. The molecular formula is C14H30N4O. The van der Waals surface area contributed by atoms with Crippen LogP contribution < -0.4 is 16.6 Å². The molecule has 5 heteroatoms. The van der Waals surface area contributed by atoms with Crippen LogP contribution in [0.1, 0.15) is 58.8 Å². The third-order valence-corrected chi connectivity index (χ3v) is 3.36. The molecule has 0 aromatic heterocycles. The topological polar surface area (TPSA) is 71.7 Å². The molecule has 0 aromatic rings. The Balaban J connectivity index is 2.12. The minimum Gasteiger partial charge on any atom is -0.379 e. The zero-order valence-corrected chi connectivity index (χ0v) is 12.5. The number of guanidine groups is 1. The largest absolute Gasteiger partial charge is 0.379 e. The third kappa shape index (κ3) is 8.06. The monoisotopic (exact) mass is 270 g/mol. The molecule has 0 aliphatic heterocycles. The van der Waals surface area contributed by atoms with Crippen molar-refractivity contribution in [2.45, 2.75) is 70.9 Å². The molecule has 0 bridgehead atoms. The van der Waals surface area contributed by atoms with Crippen molar-refractivity contribution < 1.29 is 4.74 Å². The predicted octanol–water partition coefficient (Wildman–Crippen LogP) is 1.93. The van der Waals surface area contributed by atoms with Crippen molar-refractivity contribution in [2.24, 2.45) is 10.8 Å². The molecule has 1 aliphatic rings. The first-order valence-electron chi connectivity index (χ1n) is 7.61. The van der Waals surface area contributed by atoms with Crippen molar-refractivity contribution in [3.8, 4) is 0 Å². The van der Waals surface area contributed by atoms with E-state index >= 15 is 0 Å². The van der Waals surface area contributed by atoms with Crippen LogP contribution >= 0.6 is 0 Å². The summed E-state index contributed by atoms with van der Waals surface area (Å²) in [7, 11) is 0. The number of ether oxygens (including phenoxy) is 1. The first-order chi connectivity index (χ1) is 9.22. The Kier molecular flexibility index (Phi) is 8.58. The van der Waals surface area contributed by atoms with Gasteiger partial charge in [0.05, 0.1) is 6.10 Å². The van der Waals surface area contributed by atoms with Crippen LogP contribution in [0.15, 0.2) is 4.99 Å². The van der Waals surface area contributed by atoms with Crippen LogP contribution in [0.5, 0.6) is 0 Å². The maximum atomic E-state index is 5.50. The van der Waals surface area contributed by atoms with E-state index in [-0.39, 0.29) is 0 Å². The Labute approximate surface area is 117 Å².